The van der Waals surface area contributed by atoms with Gasteiger partial charge in [-0.25, -0.2) is 9.98 Å². The summed E-state index contributed by atoms with van der Waals surface area (Å²) in [6.07, 6.45) is 6.50. The Morgan fingerprint density at radius 3 is 2.92 bits per heavy atom. The molecule has 0 amide bonds. The van der Waals surface area contributed by atoms with Gasteiger partial charge in [-0.15, -0.1) is 0 Å². The van der Waals surface area contributed by atoms with Crippen LogP contribution in [0.5, 0.6) is 5.88 Å². The number of fused-ring (bicyclic) bond motifs is 1. The Bertz CT molecular complexity index is 1030. The van der Waals surface area contributed by atoms with E-state index in [0.29, 0.717) is 17.8 Å². The summed E-state index contributed by atoms with van der Waals surface area (Å²) in [5.74, 6) is 1.28. The summed E-state index contributed by atoms with van der Waals surface area (Å²) >= 11 is 1.46. The minimum atomic E-state index is 0.0488. The van der Waals surface area contributed by atoms with Gasteiger partial charge in [-0.3, -0.25) is 0 Å². The van der Waals surface area contributed by atoms with Crippen molar-refractivity contribution >= 4 is 40.1 Å². The van der Waals surface area contributed by atoms with Crippen molar-refractivity contribution in [2.24, 2.45) is 4.99 Å². The number of rotatable bonds is 4. The van der Waals surface area contributed by atoms with Gasteiger partial charge in [0.2, 0.25) is 5.88 Å². The standard InChI is InChI=1S/C20H16N4OS/c25-19-17(9-13-11-22-18-14(13)7-4-8-21-18)26-20(24-19)23-16-10-15(16)12-5-2-1-3-6-12/h1-9,11,15-16,25H,10H2,(H,23,24)/b13-9+/t15-,16+/m0/s1. The number of benzene rings is 1. The lowest BCUT2D eigenvalue weighted by atomic mass is 10.1. The van der Waals surface area contributed by atoms with E-state index in [1.54, 1.807) is 12.4 Å². The molecule has 3 heterocycles. The van der Waals surface area contributed by atoms with Gasteiger partial charge in [0.1, 0.15) is 0 Å². The fourth-order valence-corrected chi connectivity index (χ4v) is 4.12. The van der Waals surface area contributed by atoms with E-state index >= 15 is 0 Å². The van der Waals surface area contributed by atoms with Crippen LogP contribution in [0.15, 0.2) is 53.7 Å². The maximum atomic E-state index is 10.2. The lowest BCUT2D eigenvalue weighted by Crippen LogP contribution is -2.03. The van der Waals surface area contributed by atoms with Crippen molar-refractivity contribution in [2.45, 2.75) is 18.4 Å². The maximum Gasteiger partial charge on any atom is 0.231 e. The van der Waals surface area contributed by atoms with Gasteiger partial charge in [0.15, 0.2) is 10.9 Å². The van der Waals surface area contributed by atoms with Gasteiger partial charge in [-0.1, -0.05) is 41.7 Å². The highest BCUT2D eigenvalue weighted by Crippen LogP contribution is 2.44. The molecule has 0 radical (unpaired) electrons. The number of hydrogen-bond acceptors (Lipinski definition) is 6. The molecule has 5 rings (SSSR count). The van der Waals surface area contributed by atoms with E-state index in [0.717, 1.165) is 27.6 Å². The Labute approximate surface area is 154 Å². The van der Waals surface area contributed by atoms with Crippen LogP contribution in [0.1, 0.15) is 28.3 Å². The summed E-state index contributed by atoms with van der Waals surface area (Å²) in [4.78, 5) is 13.5. The predicted octanol–water partition coefficient (Wildman–Crippen LogP) is 4.47. The lowest BCUT2D eigenvalue weighted by molar-refractivity contribution is 0.456. The second-order valence-electron chi connectivity index (χ2n) is 6.44. The van der Waals surface area contributed by atoms with E-state index in [2.05, 4.69) is 44.5 Å². The molecule has 2 aliphatic rings. The molecule has 0 spiro atoms. The van der Waals surface area contributed by atoms with Crippen LogP contribution in [-0.2, 0) is 0 Å². The molecule has 2 atom stereocenters. The largest absolute Gasteiger partial charge is 0.492 e. The first-order valence-electron chi connectivity index (χ1n) is 8.50. The van der Waals surface area contributed by atoms with Crippen molar-refractivity contribution in [1.29, 1.82) is 0 Å². The third kappa shape index (κ3) is 2.78. The van der Waals surface area contributed by atoms with Gasteiger partial charge in [0, 0.05) is 35.5 Å². The molecule has 0 saturated heterocycles. The first-order valence-corrected chi connectivity index (χ1v) is 9.32. The van der Waals surface area contributed by atoms with Gasteiger partial charge in [0.25, 0.3) is 0 Å². The van der Waals surface area contributed by atoms with Crippen LogP contribution in [-0.4, -0.2) is 27.3 Å². The highest BCUT2D eigenvalue weighted by atomic mass is 32.1. The summed E-state index contributed by atoms with van der Waals surface area (Å²) < 4.78 is 0. The minimum Gasteiger partial charge on any atom is -0.492 e. The SMILES string of the molecule is Oc1nc(N[C@@H]2C[C@H]2c2ccccc2)sc1/C=C1\C=Nc2ncccc21. The van der Waals surface area contributed by atoms with Crippen molar-refractivity contribution in [2.75, 3.05) is 5.32 Å². The zero-order valence-corrected chi connectivity index (χ0v) is 14.6. The number of aromatic nitrogens is 2. The molecule has 5 nitrogen and oxygen atoms in total. The summed E-state index contributed by atoms with van der Waals surface area (Å²) in [6, 6.07) is 14.7. The molecule has 2 N–H and O–H groups in total. The van der Waals surface area contributed by atoms with E-state index in [1.165, 1.54) is 16.9 Å². The van der Waals surface area contributed by atoms with Crippen LogP contribution >= 0.6 is 11.3 Å². The van der Waals surface area contributed by atoms with Crippen LogP contribution in [0, 0.1) is 0 Å². The molecule has 1 saturated carbocycles. The van der Waals surface area contributed by atoms with Crippen LogP contribution in [0.3, 0.4) is 0 Å². The van der Waals surface area contributed by atoms with Crippen LogP contribution in [0.2, 0.25) is 0 Å². The van der Waals surface area contributed by atoms with Crippen LogP contribution in [0.4, 0.5) is 10.9 Å². The quantitative estimate of drug-likeness (QED) is 0.720. The van der Waals surface area contributed by atoms with Gasteiger partial charge >= 0.3 is 0 Å². The molecule has 2 aromatic heterocycles. The highest BCUT2D eigenvalue weighted by molar-refractivity contribution is 7.16. The number of allylic oxidation sites excluding steroid dienone is 1. The average Bonchev–Trinajstić information content (AvgIpc) is 3.18. The van der Waals surface area contributed by atoms with Crippen molar-refractivity contribution < 1.29 is 5.11 Å². The zero-order chi connectivity index (χ0) is 17.5. The third-order valence-electron chi connectivity index (χ3n) is 4.67. The van der Waals surface area contributed by atoms with E-state index in [1.807, 2.05) is 24.3 Å². The first kappa shape index (κ1) is 15.3. The summed E-state index contributed by atoms with van der Waals surface area (Å²) in [7, 11) is 0. The minimum absolute atomic E-state index is 0.0488. The summed E-state index contributed by atoms with van der Waals surface area (Å²) in [5, 5.41) is 14.4. The van der Waals surface area contributed by atoms with Crippen molar-refractivity contribution in [1.82, 2.24) is 9.97 Å². The number of aromatic hydroxyl groups is 1. The Morgan fingerprint density at radius 2 is 2.04 bits per heavy atom. The van der Waals surface area contributed by atoms with Gasteiger partial charge in [0.05, 0.1) is 4.88 Å². The normalized spacial score (nSPS) is 21.8. The number of hydrogen-bond donors (Lipinski definition) is 2. The van der Waals surface area contributed by atoms with Crippen molar-refractivity contribution in [3.63, 3.8) is 0 Å². The van der Waals surface area contributed by atoms with Gasteiger partial charge < -0.3 is 10.4 Å². The highest BCUT2D eigenvalue weighted by Gasteiger charge is 2.38. The van der Waals surface area contributed by atoms with E-state index in [9.17, 15) is 5.11 Å². The van der Waals surface area contributed by atoms with Crippen molar-refractivity contribution in [3.8, 4) is 5.88 Å². The molecule has 6 heteroatoms. The molecule has 26 heavy (non-hydrogen) atoms. The number of thiazole rings is 1. The summed E-state index contributed by atoms with van der Waals surface area (Å²) in [5.41, 5.74) is 3.26. The fourth-order valence-electron chi connectivity index (χ4n) is 3.24. The van der Waals surface area contributed by atoms with E-state index in [4.69, 9.17) is 0 Å². The number of anilines is 1. The van der Waals surface area contributed by atoms with Crippen LogP contribution in [0.25, 0.3) is 11.6 Å². The average molecular weight is 360 g/mol. The molecular formula is C20H16N4OS. The first-order chi connectivity index (χ1) is 12.8. The Kier molecular flexibility index (Phi) is 3.57. The molecule has 1 aliphatic heterocycles. The second-order valence-corrected chi connectivity index (χ2v) is 7.47. The number of nitrogens with zero attached hydrogens (tertiary/aromatic N) is 3. The molecule has 128 valence electrons. The molecule has 1 aliphatic carbocycles. The number of nitrogens with one attached hydrogen (secondary N) is 1. The van der Waals surface area contributed by atoms with E-state index < -0.39 is 0 Å². The van der Waals surface area contributed by atoms with E-state index in [-0.39, 0.29) is 5.88 Å². The zero-order valence-electron chi connectivity index (χ0n) is 13.8. The van der Waals surface area contributed by atoms with Crippen molar-refractivity contribution in [3.05, 3.63) is 64.7 Å². The molecule has 3 aromatic rings. The van der Waals surface area contributed by atoms with Crippen LogP contribution < -0.4 is 5.32 Å². The number of aliphatic imine (C=N–C) groups is 1. The topological polar surface area (TPSA) is 70.4 Å². The Hall–Kier alpha value is -2.99. The smallest absolute Gasteiger partial charge is 0.231 e. The molecule has 0 unspecified atom stereocenters. The Balaban J connectivity index is 1.34. The molecule has 1 aromatic carbocycles. The van der Waals surface area contributed by atoms with Gasteiger partial charge in [-0.05, 0) is 30.2 Å². The van der Waals surface area contributed by atoms with Gasteiger partial charge in [-0.2, -0.15) is 4.98 Å². The fraction of sp³-hybridized carbons (Fsp3) is 0.150. The summed E-state index contributed by atoms with van der Waals surface area (Å²) in [6.45, 7) is 0. The molecular weight excluding hydrogens is 344 g/mol. The molecule has 1 fully saturated rings. The monoisotopic (exact) mass is 360 g/mol. The predicted molar refractivity (Wildman–Crippen MR) is 105 cm³/mol. The second kappa shape index (κ2) is 6.07. The lowest BCUT2D eigenvalue weighted by Gasteiger charge is -2.01. The third-order valence-corrected chi connectivity index (χ3v) is 5.59. The maximum absolute atomic E-state index is 10.2. The molecule has 0 bridgehead atoms. The Morgan fingerprint density at radius 1 is 1.15 bits per heavy atom. The number of pyridine rings is 1.